The maximum Gasteiger partial charge on any atom is 0.335 e. The molecule has 0 aliphatic carbocycles. The summed E-state index contributed by atoms with van der Waals surface area (Å²) in [4.78, 5) is 12.7. The number of aliphatic hydroxyl groups excluding tert-OH is 3. The van der Waals surface area contributed by atoms with Crippen molar-refractivity contribution in [3.63, 3.8) is 0 Å². The Hall–Kier alpha value is -1.73. The molecule has 0 amide bonds. The number of benzene rings is 1. The van der Waals surface area contributed by atoms with E-state index < -0.39 is 29.7 Å². The van der Waals surface area contributed by atoms with Crippen molar-refractivity contribution >= 4 is 5.97 Å². The highest BCUT2D eigenvalue weighted by Crippen LogP contribution is 2.32. The Labute approximate surface area is 192 Å². The van der Waals surface area contributed by atoms with E-state index in [1.807, 2.05) is 58.0 Å². The summed E-state index contributed by atoms with van der Waals surface area (Å²) in [7, 11) is 1.59. The first-order valence-corrected chi connectivity index (χ1v) is 11.6. The molecule has 5 atom stereocenters. The Morgan fingerprint density at radius 2 is 2.03 bits per heavy atom. The van der Waals surface area contributed by atoms with Crippen LogP contribution in [0.5, 0.6) is 0 Å². The molecule has 0 radical (unpaired) electrons. The predicted octanol–water partition coefficient (Wildman–Crippen LogP) is 3.30. The summed E-state index contributed by atoms with van der Waals surface area (Å²) >= 11 is 0. The van der Waals surface area contributed by atoms with Crippen molar-refractivity contribution in [3.05, 3.63) is 47.0 Å². The zero-order chi connectivity index (χ0) is 23.9. The molecule has 3 N–H and O–H groups in total. The number of aryl methyl sites for hydroxylation is 1. The minimum Gasteiger partial charge on any atom is -0.456 e. The lowest BCUT2D eigenvalue weighted by molar-refractivity contribution is -0.159. The van der Waals surface area contributed by atoms with Crippen LogP contribution in [0.1, 0.15) is 64.5 Å². The van der Waals surface area contributed by atoms with E-state index in [-0.39, 0.29) is 25.0 Å². The van der Waals surface area contributed by atoms with Gasteiger partial charge in [-0.1, -0.05) is 51.1 Å². The van der Waals surface area contributed by atoms with Crippen molar-refractivity contribution in [1.29, 1.82) is 0 Å². The van der Waals surface area contributed by atoms with Crippen molar-refractivity contribution in [2.24, 2.45) is 5.92 Å². The van der Waals surface area contributed by atoms with Gasteiger partial charge in [0.25, 0.3) is 0 Å². The third-order valence-corrected chi connectivity index (χ3v) is 6.80. The highest BCUT2D eigenvalue weighted by Gasteiger charge is 2.34. The Bertz CT molecular complexity index is 767. The van der Waals surface area contributed by atoms with Crippen molar-refractivity contribution in [2.75, 3.05) is 13.7 Å². The minimum absolute atomic E-state index is 0.00941. The summed E-state index contributed by atoms with van der Waals surface area (Å²) in [6, 6.07) is 7.94. The monoisotopic (exact) mass is 448 g/mol. The van der Waals surface area contributed by atoms with Crippen molar-refractivity contribution in [3.8, 4) is 0 Å². The van der Waals surface area contributed by atoms with Gasteiger partial charge in [-0.2, -0.15) is 0 Å². The number of carbonyl (C=O) groups excluding carboxylic acids is 1. The van der Waals surface area contributed by atoms with Gasteiger partial charge in [0.15, 0.2) is 6.10 Å². The van der Waals surface area contributed by atoms with Crippen LogP contribution in [0.2, 0.25) is 0 Å². The van der Waals surface area contributed by atoms with E-state index in [0.29, 0.717) is 19.3 Å². The third kappa shape index (κ3) is 6.88. The number of aliphatic hydroxyl groups is 3. The summed E-state index contributed by atoms with van der Waals surface area (Å²) in [5.41, 5.74) is 2.31. The fraction of sp³-hybridized carbons (Fsp3) is 0.654. The molecular weight excluding hydrogens is 408 g/mol. The van der Waals surface area contributed by atoms with Crippen LogP contribution >= 0.6 is 0 Å². The van der Waals surface area contributed by atoms with Crippen molar-refractivity contribution in [1.82, 2.24) is 0 Å². The summed E-state index contributed by atoms with van der Waals surface area (Å²) < 4.78 is 11.4. The molecule has 1 aromatic rings. The summed E-state index contributed by atoms with van der Waals surface area (Å²) in [5, 5.41) is 31.2. The van der Waals surface area contributed by atoms with E-state index in [0.717, 1.165) is 23.1 Å². The first-order chi connectivity index (χ1) is 15.1. The van der Waals surface area contributed by atoms with E-state index in [9.17, 15) is 20.1 Å². The van der Waals surface area contributed by atoms with Crippen LogP contribution in [0.15, 0.2) is 35.9 Å². The molecule has 1 aromatic carbocycles. The molecule has 2 bridgehead atoms. The molecule has 0 aromatic heterocycles. The van der Waals surface area contributed by atoms with Gasteiger partial charge in [-0.3, -0.25) is 0 Å². The van der Waals surface area contributed by atoms with E-state index in [1.54, 1.807) is 7.11 Å². The first-order valence-electron chi connectivity index (χ1n) is 11.6. The normalized spacial score (nSPS) is 28.5. The molecule has 0 fully saturated rings. The van der Waals surface area contributed by atoms with Gasteiger partial charge in [-0.25, -0.2) is 4.79 Å². The molecule has 5 unspecified atom stereocenters. The second kappa shape index (κ2) is 11.9. The molecule has 6 nitrogen and oxygen atoms in total. The summed E-state index contributed by atoms with van der Waals surface area (Å²) in [6.45, 7) is 7.89. The van der Waals surface area contributed by atoms with Gasteiger partial charge in [0.2, 0.25) is 0 Å². The van der Waals surface area contributed by atoms with Gasteiger partial charge in [0.1, 0.15) is 6.10 Å². The molecule has 32 heavy (non-hydrogen) atoms. The Morgan fingerprint density at radius 3 is 2.66 bits per heavy atom. The topological polar surface area (TPSA) is 96.2 Å². The second-order valence-corrected chi connectivity index (χ2v) is 9.51. The van der Waals surface area contributed by atoms with E-state index >= 15 is 0 Å². The smallest absolute Gasteiger partial charge is 0.335 e. The van der Waals surface area contributed by atoms with Crippen LogP contribution in [-0.2, 0) is 26.1 Å². The lowest BCUT2D eigenvalue weighted by Crippen LogP contribution is -2.39. The van der Waals surface area contributed by atoms with Crippen LogP contribution in [0.4, 0.5) is 0 Å². The minimum atomic E-state index is -1.23. The summed E-state index contributed by atoms with van der Waals surface area (Å²) in [6.07, 6.45) is 1.32. The lowest BCUT2D eigenvalue weighted by atomic mass is 9.76. The van der Waals surface area contributed by atoms with Gasteiger partial charge in [0.05, 0.1) is 12.2 Å². The predicted molar refractivity (Wildman–Crippen MR) is 124 cm³/mol. The molecule has 180 valence electrons. The lowest BCUT2D eigenvalue weighted by Gasteiger charge is -2.35. The average molecular weight is 449 g/mol. The van der Waals surface area contributed by atoms with Gasteiger partial charge in [0, 0.05) is 37.9 Å². The van der Waals surface area contributed by atoms with Gasteiger partial charge in [-0.05, 0) is 42.9 Å². The maximum atomic E-state index is 12.7. The molecule has 0 saturated carbocycles. The van der Waals surface area contributed by atoms with Crippen LogP contribution in [0.25, 0.3) is 0 Å². The maximum absolute atomic E-state index is 12.7. The quantitative estimate of drug-likeness (QED) is 0.472. The van der Waals surface area contributed by atoms with Crippen molar-refractivity contribution in [2.45, 2.75) is 89.6 Å². The zero-order valence-electron chi connectivity index (χ0n) is 20.1. The van der Waals surface area contributed by atoms with Crippen LogP contribution in [0.3, 0.4) is 0 Å². The molecule has 2 rings (SSSR count). The standard InChI is InChI=1S/C26H40O6/c1-6-18(16-27)12-17(2)23-14-21(31-5)15-24(29)26(3,4)20-9-7-8-19(13-20)10-11-22(28)25(30)32-23/h7-9,12-13,18,21-24,27-29H,6,10-11,14-16H2,1-5H3. The van der Waals surface area contributed by atoms with Crippen molar-refractivity contribution < 1.29 is 29.6 Å². The number of cyclic esters (lactones) is 1. The molecule has 1 heterocycles. The largest absolute Gasteiger partial charge is 0.456 e. The van der Waals surface area contributed by atoms with Crippen LogP contribution in [0, 0.1) is 5.92 Å². The number of hydrogen-bond donors (Lipinski definition) is 3. The Balaban J connectivity index is 2.40. The molecule has 0 saturated heterocycles. The van der Waals surface area contributed by atoms with Gasteiger partial charge in [-0.15, -0.1) is 0 Å². The Kier molecular flexibility index (Phi) is 9.89. The second-order valence-electron chi connectivity index (χ2n) is 9.51. The van der Waals surface area contributed by atoms with Gasteiger partial charge >= 0.3 is 5.97 Å². The fourth-order valence-corrected chi connectivity index (χ4v) is 4.14. The number of esters is 1. The van der Waals surface area contributed by atoms with E-state index in [2.05, 4.69) is 0 Å². The van der Waals surface area contributed by atoms with E-state index in [1.165, 1.54) is 0 Å². The molecule has 1 aliphatic heterocycles. The first kappa shape index (κ1) is 26.5. The molecule has 0 spiro atoms. The van der Waals surface area contributed by atoms with Gasteiger partial charge < -0.3 is 24.8 Å². The van der Waals surface area contributed by atoms with Crippen LogP contribution < -0.4 is 0 Å². The highest BCUT2D eigenvalue weighted by molar-refractivity contribution is 5.74. The number of methoxy groups -OCH3 is 1. The molecular formula is C26H40O6. The average Bonchev–Trinajstić information content (AvgIpc) is 2.78. The highest BCUT2D eigenvalue weighted by atomic mass is 16.6. The zero-order valence-corrected chi connectivity index (χ0v) is 20.1. The van der Waals surface area contributed by atoms with E-state index in [4.69, 9.17) is 9.47 Å². The molecule has 6 heteroatoms. The number of rotatable bonds is 5. The number of carbonyl (C=O) groups is 1. The Morgan fingerprint density at radius 1 is 1.31 bits per heavy atom. The number of fused-ring (bicyclic) bond motifs is 2. The SMILES string of the molecule is CCC(C=C(C)C1CC(OC)CC(O)C(C)(C)c2cccc(c2)CCC(O)C(=O)O1)CO. The third-order valence-electron chi connectivity index (χ3n) is 6.80. The van der Waals surface area contributed by atoms with Crippen LogP contribution in [-0.4, -0.2) is 59.4 Å². The number of ether oxygens (including phenoxy) is 2. The summed E-state index contributed by atoms with van der Waals surface area (Å²) in [5.74, 6) is -0.703. The molecule has 1 aliphatic rings. The number of hydrogen-bond acceptors (Lipinski definition) is 6. The fourth-order valence-electron chi connectivity index (χ4n) is 4.14.